The molecule has 0 saturated heterocycles. The van der Waals surface area contributed by atoms with E-state index >= 15 is 0 Å². The lowest BCUT2D eigenvalue weighted by Gasteiger charge is -2.03. The highest BCUT2D eigenvalue weighted by Crippen LogP contribution is 2.13. The van der Waals surface area contributed by atoms with E-state index in [0.717, 1.165) is 34.0 Å². The maximum atomic E-state index is 11.9. The second-order valence-corrected chi connectivity index (χ2v) is 6.91. The summed E-state index contributed by atoms with van der Waals surface area (Å²) in [6.07, 6.45) is 4.09. The van der Waals surface area contributed by atoms with Gasteiger partial charge in [-0.15, -0.1) is 0 Å². The zero-order chi connectivity index (χ0) is 19.4. The molecule has 2 rings (SSSR count). The minimum atomic E-state index is 0.287. The maximum Gasteiger partial charge on any atom is 0.133 e. The fourth-order valence-corrected chi connectivity index (χ4v) is 2.50. The molecule has 0 fully saturated rings. The van der Waals surface area contributed by atoms with Crippen molar-refractivity contribution in [2.45, 2.75) is 52.4 Å². The molecule has 0 aromatic heterocycles. The second kappa shape index (κ2) is 12.7. The Morgan fingerprint density at radius 2 is 1.00 bits per heavy atom. The van der Waals surface area contributed by atoms with E-state index in [1.165, 1.54) is 0 Å². The average Bonchev–Trinajstić information content (AvgIpc) is 2.67. The summed E-state index contributed by atoms with van der Waals surface area (Å²) in [5.41, 5.74) is 2.29. The van der Waals surface area contributed by atoms with Crippen LogP contribution in [0.5, 0.6) is 0 Å². The van der Waals surface area contributed by atoms with E-state index < -0.39 is 0 Å². The van der Waals surface area contributed by atoms with Gasteiger partial charge in [-0.3, -0.25) is 9.59 Å². The first-order valence-corrected chi connectivity index (χ1v) is 9.72. The van der Waals surface area contributed by atoms with Crippen molar-refractivity contribution in [1.29, 1.82) is 0 Å². The summed E-state index contributed by atoms with van der Waals surface area (Å²) < 4.78 is 0. The first-order chi connectivity index (χ1) is 12.4. The zero-order valence-corrected chi connectivity index (χ0v) is 16.9. The number of halogens is 2. The maximum absolute atomic E-state index is 11.9. The quantitative estimate of drug-likeness (QED) is 0.513. The van der Waals surface area contributed by atoms with E-state index in [9.17, 15) is 9.59 Å². The molecule has 140 valence electrons. The van der Waals surface area contributed by atoms with E-state index in [2.05, 4.69) is 0 Å². The Hall–Kier alpha value is -1.64. The van der Waals surface area contributed by atoms with Gasteiger partial charge in [0.1, 0.15) is 11.6 Å². The summed E-state index contributed by atoms with van der Waals surface area (Å²) in [7, 11) is 0. The van der Waals surface area contributed by atoms with Crippen molar-refractivity contribution in [3.05, 3.63) is 69.7 Å². The fourth-order valence-electron chi connectivity index (χ4n) is 2.24. The molecular weight excluding hydrogens is 367 g/mol. The molecule has 2 nitrogen and oxygen atoms in total. The number of Topliss-reactive ketones (excluding diaryl/α,β-unsaturated/α-hetero) is 2. The van der Waals surface area contributed by atoms with Gasteiger partial charge in [-0.05, 0) is 48.2 Å². The normalized spacial score (nSPS) is 10.0. The van der Waals surface area contributed by atoms with Crippen LogP contribution in [0.4, 0.5) is 0 Å². The van der Waals surface area contributed by atoms with Crippen molar-refractivity contribution >= 4 is 34.8 Å². The van der Waals surface area contributed by atoms with Crippen LogP contribution in [0.15, 0.2) is 48.5 Å². The lowest BCUT2D eigenvalue weighted by molar-refractivity contribution is -0.119. The van der Waals surface area contributed by atoms with Gasteiger partial charge in [0.25, 0.3) is 0 Å². The van der Waals surface area contributed by atoms with Crippen LogP contribution >= 0.6 is 23.2 Å². The monoisotopic (exact) mass is 392 g/mol. The summed E-state index contributed by atoms with van der Waals surface area (Å²) in [5, 5.41) is 1.45. The Morgan fingerprint density at radius 3 is 1.27 bits per heavy atom. The number of hydrogen-bond donors (Lipinski definition) is 0. The van der Waals surface area contributed by atoms with Crippen LogP contribution < -0.4 is 0 Å². The Kier molecular flexibility index (Phi) is 10.9. The Morgan fingerprint density at radius 1 is 0.654 bits per heavy atom. The minimum absolute atomic E-state index is 0.287. The predicted octanol–water partition coefficient (Wildman–Crippen LogP) is 6.50. The predicted molar refractivity (Wildman–Crippen MR) is 110 cm³/mol. The third-order valence-electron chi connectivity index (χ3n) is 4.00. The van der Waals surface area contributed by atoms with Crippen LogP contribution in [0.25, 0.3) is 0 Å². The number of carbonyl (C=O) groups is 2. The average molecular weight is 393 g/mol. The number of rotatable bonds is 8. The topological polar surface area (TPSA) is 34.1 Å². The minimum Gasteiger partial charge on any atom is -0.300 e. The summed E-state index contributed by atoms with van der Waals surface area (Å²) >= 11 is 11.7. The van der Waals surface area contributed by atoms with Gasteiger partial charge in [-0.1, -0.05) is 61.3 Å². The molecule has 0 spiro atoms. The number of hydrogen-bond acceptors (Lipinski definition) is 2. The Bertz CT molecular complexity index is 619. The van der Waals surface area contributed by atoms with E-state index in [4.69, 9.17) is 23.2 Å². The molecular formula is C22H26Cl2O2. The van der Waals surface area contributed by atoms with Crippen molar-refractivity contribution in [3.63, 3.8) is 0 Å². The van der Waals surface area contributed by atoms with E-state index in [1.807, 2.05) is 62.4 Å². The van der Waals surface area contributed by atoms with E-state index in [1.54, 1.807) is 0 Å². The van der Waals surface area contributed by atoms with Crippen molar-refractivity contribution in [2.75, 3.05) is 0 Å². The van der Waals surface area contributed by atoms with Crippen LogP contribution in [-0.2, 0) is 22.4 Å². The van der Waals surface area contributed by atoms with Crippen molar-refractivity contribution < 1.29 is 9.59 Å². The second-order valence-electron chi connectivity index (χ2n) is 6.04. The van der Waals surface area contributed by atoms with Gasteiger partial charge >= 0.3 is 0 Å². The van der Waals surface area contributed by atoms with Gasteiger partial charge in [0.05, 0.1) is 0 Å². The number of aryl methyl sites for hydroxylation is 2. The first kappa shape index (κ1) is 22.4. The van der Waals surface area contributed by atoms with Crippen molar-refractivity contribution in [3.8, 4) is 0 Å². The molecule has 0 aliphatic carbocycles. The van der Waals surface area contributed by atoms with Gasteiger partial charge in [0, 0.05) is 35.7 Å². The molecule has 0 unspecified atom stereocenters. The third-order valence-corrected chi connectivity index (χ3v) is 4.50. The number of carbonyl (C=O) groups excluding carboxylic acids is 2. The van der Waals surface area contributed by atoms with Crippen LogP contribution in [-0.4, -0.2) is 11.6 Å². The van der Waals surface area contributed by atoms with Gasteiger partial charge in [-0.2, -0.15) is 0 Å². The molecule has 26 heavy (non-hydrogen) atoms. The van der Waals surface area contributed by atoms with Gasteiger partial charge < -0.3 is 0 Å². The molecule has 2 aromatic rings. The summed E-state index contributed by atoms with van der Waals surface area (Å²) in [6, 6.07) is 15.3. The molecule has 0 bridgehead atoms. The molecule has 0 N–H and O–H groups in total. The Labute approximate surface area is 166 Å². The molecule has 4 heteroatoms. The number of benzene rings is 2. The highest BCUT2D eigenvalue weighted by Gasteiger charge is 2.04. The van der Waals surface area contributed by atoms with E-state index in [0.29, 0.717) is 31.5 Å². The van der Waals surface area contributed by atoms with Gasteiger partial charge in [0.15, 0.2) is 0 Å². The zero-order valence-electron chi connectivity index (χ0n) is 15.4. The smallest absolute Gasteiger partial charge is 0.133 e. The first-order valence-electron chi connectivity index (χ1n) is 8.96. The molecule has 0 aliphatic heterocycles. The van der Waals surface area contributed by atoms with Crippen LogP contribution in [0, 0.1) is 0 Å². The molecule has 0 radical (unpaired) electrons. The van der Waals surface area contributed by atoms with Gasteiger partial charge in [-0.25, -0.2) is 0 Å². The molecule has 0 saturated carbocycles. The van der Waals surface area contributed by atoms with Crippen molar-refractivity contribution in [1.82, 2.24) is 0 Å². The fraction of sp³-hybridized carbons (Fsp3) is 0.364. The standard InChI is InChI=1S/C17H16Cl2O.C5H10O/c18-15-7-1-13(2-8-15)5-11-17(20)12-6-14-3-9-16(19)10-4-14;1-3-5(6)4-2/h1-4,7-10H,5-6,11-12H2;3-4H2,1-2H3. The largest absolute Gasteiger partial charge is 0.300 e. The lowest BCUT2D eigenvalue weighted by atomic mass is 10.0. The highest BCUT2D eigenvalue weighted by molar-refractivity contribution is 6.30. The van der Waals surface area contributed by atoms with Crippen LogP contribution in [0.1, 0.15) is 50.7 Å². The molecule has 0 amide bonds. The lowest BCUT2D eigenvalue weighted by Crippen LogP contribution is -2.02. The van der Waals surface area contributed by atoms with E-state index in [-0.39, 0.29) is 5.78 Å². The number of ketones is 2. The molecule has 0 aliphatic rings. The Balaban J connectivity index is 0.000000487. The van der Waals surface area contributed by atoms with Gasteiger partial charge in [0.2, 0.25) is 0 Å². The van der Waals surface area contributed by atoms with Crippen LogP contribution in [0.3, 0.4) is 0 Å². The summed E-state index contributed by atoms with van der Waals surface area (Å²) in [4.78, 5) is 22.1. The highest BCUT2D eigenvalue weighted by atomic mass is 35.5. The van der Waals surface area contributed by atoms with Crippen molar-refractivity contribution in [2.24, 2.45) is 0 Å². The summed E-state index contributed by atoms with van der Waals surface area (Å²) in [6.45, 7) is 3.76. The SMILES string of the molecule is CCC(=O)CC.O=C(CCc1ccc(Cl)cc1)CCc1ccc(Cl)cc1. The molecule has 0 heterocycles. The van der Waals surface area contributed by atoms with Crippen LogP contribution in [0.2, 0.25) is 10.0 Å². The third kappa shape index (κ3) is 9.74. The molecule has 0 atom stereocenters. The summed E-state index contributed by atoms with van der Waals surface area (Å²) in [5.74, 6) is 0.630. The molecule has 2 aromatic carbocycles.